The fraction of sp³-hybridized carbons (Fsp3) is 0.429. The molecule has 0 saturated carbocycles. The monoisotopic (exact) mass is 403 g/mol. The van der Waals surface area contributed by atoms with Gasteiger partial charge in [0.2, 0.25) is 0 Å². The number of carboxylic acid groups (broad SMARTS) is 1. The molecule has 1 aliphatic heterocycles. The summed E-state index contributed by atoms with van der Waals surface area (Å²) in [6, 6.07) is 5.49. The molecule has 0 bridgehead atoms. The number of halogens is 2. The number of hydrogen-bond donors (Lipinski definition) is 1. The zero-order valence-electron chi connectivity index (χ0n) is 10.8. The van der Waals surface area contributed by atoms with E-state index in [2.05, 4.69) is 31.9 Å². The first-order chi connectivity index (χ1) is 9.47. The third kappa shape index (κ3) is 3.82. The van der Waals surface area contributed by atoms with Gasteiger partial charge in [-0.25, -0.2) is 0 Å². The maximum absolute atomic E-state index is 12.4. The Morgan fingerprint density at radius 3 is 2.45 bits per heavy atom. The SMILES string of the molecule is O=C(O)CC1CCN(C(=O)c2ccc(Br)cc2Br)CC1. The lowest BCUT2D eigenvalue weighted by atomic mass is 9.93. The summed E-state index contributed by atoms with van der Waals surface area (Å²) in [4.78, 5) is 24.9. The molecule has 0 unspecified atom stereocenters. The smallest absolute Gasteiger partial charge is 0.303 e. The Hall–Kier alpha value is -0.880. The molecule has 1 heterocycles. The van der Waals surface area contributed by atoms with Crippen molar-refractivity contribution >= 4 is 43.7 Å². The lowest BCUT2D eigenvalue weighted by molar-refractivity contribution is -0.138. The van der Waals surface area contributed by atoms with E-state index >= 15 is 0 Å². The van der Waals surface area contributed by atoms with E-state index in [9.17, 15) is 9.59 Å². The van der Waals surface area contributed by atoms with E-state index in [0.717, 1.165) is 21.8 Å². The van der Waals surface area contributed by atoms with Gasteiger partial charge in [-0.05, 0) is 52.9 Å². The normalized spacial score (nSPS) is 16.2. The van der Waals surface area contributed by atoms with E-state index in [1.165, 1.54) is 0 Å². The second kappa shape index (κ2) is 6.72. The number of rotatable bonds is 3. The Balaban J connectivity index is 1.99. The second-order valence-corrected chi connectivity index (χ2v) is 6.73. The van der Waals surface area contributed by atoms with Gasteiger partial charge in [0.05, 0.1) is 5.56 Å². The number of aliphatic carboxylic acids is 1. The van der Waals surface area contributed by atoms with E-state index in [-0.39, 0.29) is 18.2 Å². The quantitative estimate of drug-likeness (QED) is 0.838. The van der Waals surface area contributed by atoms with Crippen LogP contribution < -0.4 is 0 Å². The van der Waals surface area contributed by atoms with Gasteiger partial charge in [-0.15, -0.1) is 0 Å². The summed E-state index contributed by atoms with van der Waals surface area (Å²) in [6.07, 6.45) is 1.71. The van der Waals surface area contributed by atoms with Gasteiger partial charge in [-0.2, -0.15) is 0 Å². The second-order valence-electron chi connectivity index (χ2n) is 4.96. The number of likely N-dealkylation sites (tertiary alicyclic amines) is 1. The van der Waals surface area contributed by atoms with Crippen LogP contribution in [0.4, 0.5) is 0 Å². The summed E-state index contributed by atoms with van der Waals surface area (Å²) >= 11 is 6.77. The van der Waals surface area contributed by atoms with Crippen molar-refractivity contribution in [2.45, 2.75) is 19.3 Å². The van der Waals surface area contributed by atoms with Crippen LogP contribution in [0.15, 0.2) is 27.1 Å². The first-order valence-corrected chi connectivity index (χ1v) is 8.02. The molecule has 1 N–H and O–H groups in total. The van der Waals surface area contributed by atoms with Gasteiger partial charge in [0.1, 0.15) is 0 Å². The van der Waals surface area contributed by atoms with Crippen molar-refractivity contribution in [3.05, 3.63) is 32.7 Å². The number of piperidine rings is 1. The van der Waals surface area contributed by atoms with Crippen LogP contribution in [-0.2, 0) is 4.79 Å². The van der Waals surface area contributed by atoms with E-state index in [1.807, 2.05) is 12.1 Å². The molecule has 108 valence electrons. The van der Waals surface area contributed by atoms with E-state index in [4.69, 9.17) is 5.11 Å². The Kier molecular flexibility index (Phi) is 5.21. The minimum absolute atomic E-state index is 0.00171. The highest BCUT2D eigenvalue weighted by Crippen LogP contribution is 2.26. The lowest BCUT2D eigenvalue weighted by Gasteiger charge is -2.31. The minimum atomic E-state index is -0.759. The van der Waals surface area contributed by atoms with E-state index < -0.39 is 5.97 Å². The summed E-state index contributed by atoms with van der Waals surface area (Å²) in [5.41, 5.74) is 0.643. The standard InChI is InChI=1S/C14H15Br2NO3/c15-10-1-2-11(12(16)8-10)14(20)17-5-3-9(4-6-17)7-13(18)19/h1-2,8-9H,3-7H2,(H,18,19). The van der Waals surface area contributed by atoms with Crippen LogP contribution >= 0.6 is 31.9 Å². The number of hydrogen-bond acceptors (Lipinski definition) is 2. The summed E-state index contributed by atoms with van der Waals surface area (Å²) in [6.45, 7) is 1.25. The third-order valence-corrected chi connectivity index (χ3v) is 4.68. The van der Waals surface area contributed by atoms with Crippen LogP contribution in [0.2, 0.25) is 0 Å². The molecule has 0 atom stereocenters. The number of carbonyl (C=O) groups is 2. The summed E-state index contributed by atoms with van der Waals surface area (Å²) < 4.78 is 1.69. The maximum Gasteiger partial charge on any atom is 0.303 e. The Morgan fingerprint density at radius 1 is 1.25 bits per heavy atom. The molecule has 2 rings (SSSR count). The van der Waals surface area contributed by atoms with Crippen molar-refractivity contribution in [1.82, 2.24) is 4.90 Å². The van der Waals surface area contributed by atoms with Gasteiger partial charge in [0.15, 0.2) is 0 Å². The third-order valence-electron chi connectivity index (χ3n) is 3.53. The molecule has 1 fully saturated rings. The fourth-order valence-corrected chi connectivity index (χ4v) is 3.64. The van der Waals surface area contributed by atoms with Gasteiger partial charge in [0, 0.05) is 28.5 Å². The number of benzene rings is 1. The van der Waals surface area contributed by atoms with E-state index in [0.29, 0.717) is 18.7 Å². The first kappa shape index (κ1) is 15.5. The Labute approximate surface area is 134 Å². The van der Waals surface area contributed by atoms with Crippen LogP contribution in [0.1, 0.15) is 29.6 Å². The molecular weight excluding hydrogens is 390 g/mol. The van der Waals surface area contributed by atoms with Crippen LogP contribution in [0.5, 0.6) is 0 Å². The molecule has 6 heteroatoms. The molecule has 20 heavy (non-hydrogen) atoms. The largest absolute Gasteiger partial charge is 0.481 e. The van der Waals surface area contributed by atoms with Gasteiger partial charge in [0.25, 0.3) is 5.91 Å². The van der Waals surface area contributed by atoms with Crippen LogP contribution in [0.3, 0.4) is 0 Å². The molecule has 0 spiro atoms. The number of carbonyl (C=O) groups excluding carboxylic acids is 1. The van der Waals surface area contributed by atoms with Crippen molar-refractivity contribution in [2.24, 2.45) is 5.92 Å². The molecule has 1 aliphatic rings. The predicted molar refractivity (Wildman–Crippen MR) is 82.7 cm³/mol. The molecule has 4 nitrogen and oxygen atoms in total. The molecule has 1 amide bonds. The average molecular weight is 405 g/mol. The molecule has 0 aromatic heterocycles. The Morgan fingerprint density at radius 2 is 1.90 bits per heavy atom. The van der Waals surface area contributed by atoms with Gasteiger partial charge >= 0.3 is 5.97 Å². The van der Waals surface area contributed by atoms with Crippen molar-refractivity contribution in [2.75, 3.05) is 13.1 Å². The van der Waals surface area contributed by atoms with Crippen molar-refractivity contribution in [1.29, 1.82) is 0 Å². The van der Waals surface area contributed by atoms with Gasteiger partial charge < -0.3 is 10.0 Å². The lowest BCUT2D eigenvalue weighted by Crippen LogP contribution is -2.39. The zero-order valence-corrected chi connectivity index (χ0v) is 14.0. The highest BCUT2D eigenvalue weighted by Gasteiger charge is 2.25. The molecule has 0 aliphatic carbocycles. The summed E-state index contributed by atoms with van der Waals surface area (Å²) in [5, 5.41) is 8.79. The van der Waals surface area contributed by atoms with E-state index in [1.54, 1.807) is 11.0 Å². The zero-order chi connectivity index (χ0) is 14.7. The van der Waals surface area contributed by atoms with Crippen LogP contribution in [0, 0.1) is 5.92 Å². The van der Waals surface area contributed by atoms with Crippen molar-refractivity contribution < 1.29 is 14.7 Å². The van der Waals surface area contributed by atoms with Crippen LogP contribution in [-0.4, -0.2) is 35.0 Å². The number of nitrogens with zero attached hydrogens (tertiary/aromatic N) is 1. The highest BCUT2D eigenvalue weighted by molar-refractivity contribution is 9.11. The average Bonchev–Trinajstić information content (AvgIpc) is 2.38. The topological polar surface area (TPSA) is 57.6 Å². The molecule has 1 aromatic carbocycles. The first-order valence-electron chi connectivity index (χ1n) is 6.43. The predicted octanol–water partition coefficient (Wildman–Crippen LogP) is 3.54. The van der Waals surface area contributed by atoms with Crippen LogP contribution in [0.25, 0.3) is 0 Å². The fourth-order valence-electron chi connectivity index (χ4n) is 2.42. The Bertz CT molecular complexity index is 525. The maximum atomic E-state index is 12.4. The number of amides is 1. The molecule has 1 aromatic rings. The molecule has 0 radical (unpaired) electrons. The van der Waals surface area contributed by atoms with Gasteiger partial charge in [-0.1, -0.05) is 15.9 Å². The molecule has 1 saturated heterocycles. The summed E-state index contributed by atoms with van der Waals surface area (Å²) in [7, 11) is 0. The van der Waals surface area contributed by atoms with Crippen molar-refractivity contribution in [3.63, 3.8) is 0 Å². The summed E-state index contributed by atoms with van der Waals surface area (Å²) in [5.74, 6) is -0.575. The van der Waals surface area contributed by atoms with Crippen molar-refractivity contribution in [3.8, 4) is 0 Å². The van der Waals surface area contributed by atoms with Gasteiger partial charge in [-0.3, -0.25) is 9.59 Å². The molecular formula is C14H15Br2NO3. The highest BCUT2D eigenvalue weighted by atomic mass is 79.9. The number of carboxylic acids is 1. The minimum Gasteiger partial charge on any atom is -0.481 e.